The van der Waals surface area contributed by atoms with Crippen LogP contribution in [0.25, 0.3) is 44.8 Å². The predicted octanol–water partition coefficient (Wildman–Crippen LogP) is 12.0. The van der Waals surface area contributed by atoms with E-state index in [0.717, 1.165) is 11.8 Å². The number of aromatic nitrogens is 2. The van der Waals surface area contributed by atoms with Crippen molar-refractivity contribution in [3.05, 3.63) is 156 Å². The lowest BCUT2D eigenvalue weighted by Gasteiger charge is -2.22. The van der Waals surface area contributed by atoms with Crippen molar-refractivity contribution in [1.82, 2.24) is 0 Å². The topological polar surface area (TPSA) is 7.76 Å². The number of rotatable bonds is 6. The lowest BCUT2D eigenvalue weighted by Crippen LogP contribution is -2.30. The monoisotopic (exact) mass is 670 g/mol. The van der Waals surface area contributed by atoms with E-state index in [1.165, 1.54) is 125 Å². The lowest BCUT2D eigenvalue weighted by molar-refractivity contribution is -0.660. The molecule has 2 aliphatic carbocycles. The Balaban J connectivity index is 0.000000159. The van der Waals surface area contributed by atoms with Gasteiger partial charge in [0.05, 0.1) is 0 Å². The highest BCUT2D eigenvalue weighted by atomic mass is 14.9. The Labute approximate surface area is 306 Å². The van der Waals surface area contributed by atoms with Gasteiger partial charge in [0.15, 0.2) is 12.4 Å². The zero-order valence-corrected chi connectivity index (χ0v) is 31.1. The van der Waals surface area contributed by atoms with Crippen LogP contribution in [0.5, 0.6) is 0 Å². The molecule has 2 fully saturated rings. The average molecular weight is 671 g/mol. The molecule has 0 atom stereocenters. The van der Waals surface area contributed by atoms with Crippen LogP contribution in [-0.4, -0.2) is 0 Å². The van der Waals surface area contributed by atoms with Crippen LogP contribution in [0, 0.1) is 13.8 Å². The molecule has 0 saturated heterocycles. The van der Waals surface area contributed by atoms with Crippen LogP contribution < -0.4 is 9.13 Å². The molecule has 0 amide bonds. The lowest BCUT2D eigenvalue weighted by atomic mass is 9.83. The first kappa shape index (κ1) is 34.6. The Bertz CT molecular complexity index is 2090. The summed E-state index contributed by atoms with van der Waals surface area (Å²) in [4.78, 5) is 0. The van der Waals surface area contributed by atoms with Gasteiger partial charge < -0.3 is 0 Å². The number of nitrogens with zero attached hydrogens (tertiary/aromatic N) is 2. The summed E-state index contributed by atoms with van der Waals surface area (Å²) in [7, 11) is 4.29. The van der Waals surface area contributed by atoms with Gasteiger partial charge >= 0.3 is 0 Å². The molecular weight excluding hydrogens is 617 g/mol. The van der Waals surface area contributed by atoms with Gasteiger partial charge in [-0.1, -0.05) is 117 Å². The van der Waals surface area contributed by atoms with Gasteiger partial charge in [0.1, 0.15) is 14.1 Å². The summed E-state index contributed by atoms with van der Waals surface area (Å²) in [5, 5.41) is 0. The van der Waals surface area contributed by atoms with E-state index < -0.39 is 0 Å². The summed E-state index contributed by atoms with van der Waals surface area (Å²) in [6, 6.07) is 44.6. The van der Waals surface area contributed by atoms with Crippen LogP contribution in [0.2, 0.25) is 0 Å². The first-order valence-electron chi connectivity index (χ1n) is 19.3. The van der Waals surface area contributed by atoms with Crippen LogP contribution in [0.1, 0.15) is 91.9 Å². The smallest absolute Gasteiger partial charge is 0.200 e. The fourth-order valence-corrected chi connectivity index (χ4v) is 8.48. The second-order valence-corrected chi connectivity index (χ2v) is 15.0. The zero-order chi connectivity index (χ0) is 35.2. The summed E-state index contributed by atoms with van der Waals surface area (Å²) in [6.45, 7) is 4.35. The quantitative estimate of drug-likeness (QED) is 0.156. The van der Waals surface area contributed by atoms with Crippen molar-refractivity contribution in [1.29, 1.82) is 0 Å². The third kappa shape index (κ3) is 8.07. The largest absolute Gasteiger partial charge is 0.212 e. The molecular formula is C49H54N2+2. The molecule has 0 unspecified atom stereocenters. The SMILES string of the molecule is Cc1ccccc1-c1ccc(-c2cccc(C3CCCC3)c2)c[n+]1C.Cc1ccccc1-c1ccc(-c2cccc(C3CCCCC3)c2)c[n+]1C. The number of hydrogen-bond donors (Lipinski definition) is 0. The van der Waals surface area contributed by atoms with Crippen molar-refractivity contribution in [2.24, 2.45) is 14.1 Å². The van der Waals surface area contributed by atoms with Gasteiger partial charge in [-0.25, -0.2) is 9.13 Å². The molecule has 0 radical (unpaired) electrons. The Kier molecular flexibility index (Phi) is 10.9. The molecule has 2 heterocycles. The molecule has 0 aliphatic heterocycles. The minimum absolute atomic E-state index is 0.753. The maximum atomic E-state index is 2.42. The summed E-state index contributed by atoms with van der Waals surface area (Å²) >= 11 is 0. The van der Waals surface area contributed by atoms with Crippen LogP contribution in [0.4, 0.5) is 0 Å². The maximum Gasteiger partial charge on any atom is 0.212 e. The second kappa shape index (κ2) is 16.0. The summed E-state index contributed by atoms with van der Waals surface area (Å²) in [6.07, 6.45) is 16.9. The van der Waals surface area contributed by atoms with Gasteiger partial charge in [-0.3, -0.25) is 0 Å². The van der Waals surface area contributed by atoms with Crippen LogP contribution in [0.15, 0.2) is 134 Å². The highest BCUT2D eigenvalue weighted by molar-refractivity contribution is 5.68. The predicted molar refractivity (Wildman–Crippen MR) is 213 cm³/mol. The Morgan fingerprint density at radius 2 is 0.824 bits per heavy atom. The molecule has 2 aromatic heterocycles. The van der Waals surface area contributed by atoms with E-state index in [-0.39, 0.29) is 0 Å². The Morgan fingerprint density at radius 1 is 0.412 bits per heavy atom. The van der Waals surface area contributed by atoms with E-state index >= 15 is 0 Å². The fraction of sp³-hybridized carbons (Fsp3) is 0.306. The molecule has 0 bridgehead atoms. The highest BCUT2D eigenvalue weighted by Crippen LogP contribution is 2.36. The minimum atomic E-state index is 0.753. The first-order valence-corrected chi connectivity index (χ1v) is 19.3. The number of aryl methyl sites for hydroxylation is 4. The van der Waals surface area contributed by atoms with Gasteiger partial charge in [0, 0.05) is 34.4 Å². The third-order valence-corrected chi connectivity index (χ3v) is 11.5. The van der Waals surface area contributed by atoms with Crippen molar-refractivity contribution in [2.45, 2.75) is 83.5 Å². The normalized spacial score (nSPS) is 15.0. The van der Waals surface area contributed by atoms with Crippen molar-refractivity contribution in [2.75, 3.05) is 0 Å². The van der Waals surface area contributed by atoms with Gasteiger partial charge in [0.25, 0.3) is 0 Å². The number of benzene rings is 4. The number of pyridine rings is 2. The Hall–Kier alpha value is -4.82. The van der Waals surface area contributed by atoms with E-state index in [0.29, 0.717) is 0 Å². The van der Waals surface area contributed by atoms with Crippen molar-refractivity contribution < 1.29 is 9.13 Å². The van der Waals surface area contributed by atoms with Gasteiger partial charge in [-0.2, -0.15) is 0 Å². The van der Waals surface area contributed by atoms with Crippen LogP contribution >= 0.6 is 0 Å². The second-order valence-electron chi connectivity index (χ2n) is 15.0. The van der Waals surface area contributed by atoms with E-state index in [9.17, 15) is 0 Å². The van der Waals surface area contributed by atoms with Crippen molar-refractivity contribution in [3.8, 4) is 44.8 Å². The van der Waals surface area contributed by atoms with E-state index in [1.807, 2.05) is 0 Å². The average Bonchev–Trinajstić information content (AvgIpc) is 3.72. The fourth-order valence-electron chi connectivity index (χ4n) is 8.48. The van der Waals surface area contributed by atoms with Crippen molar-refractivity contribution >= 4 is 0 Å². The molecule has 2 saturated carbocycles. The standard InChI is InChI=1S/C25H28N.C24H26N/c1-19-9-6-7-14-24(19)25-16-15-23(18-26(25)2)22-13-8-12-21(17-22)20-10-4-3-5-11-20;1-18-8-3-6-13-23(18)24-15-14-22(17-25(24)2)21-12-7-11-20(16-21)19-9-4-5-10-19/h6-9,12-18,20H,3-5,10-11H2,1-2H3;3,6-8,11-17,19H,4-5,9-10H2,1-2H3/q2*+1. The summed E-state index contributed by atoms with van der Waals surface area (Å²) in [5.74, 6) is 1.52. The van der Waals surface area contributed by atoms with E-state index in [4.69, 9.17) is 0 Å². The molecule has 8 rings (SSSR count). The minimum Gasteiger partial charge on any atom is -0.200 e. The molecule has 0 N–H and O–H groups in total. The first-order chi connectivity index (χ1) is 24.9. The summed E-state index contributed by atoms with van der Waals surface area (Å²) in [5.41, 5.74) is 16.0. The van der Waals surface area contributed by atoms with Crippen LogP contribution in [0.3, 0.4) is 0 Å². The van der Waals surface area contributed by atoms with Gasteiger partial charge in [-0.05, 0) is 109 Å². The molecule has 6 aromatic rings. The van der Waals surface area contributed by atoms with E-state index in [1.54, 1.807) is 0 Å². The van der Waals surface area contributed by atoms with Crippen molar-refractivity contribution in [3.63, 3.8) is 0 Å². The molecule has 2 heteroatoms. The van der Waals surface area contributed by atoms with Gasteiger partial charge in [0.2, 0.25) is 11.4 Å². The Morgan fingerprint density at radius 3 is 1.24 bits per heavy atom. The van der Waals surface area contributed by atoms with Crippen LogP contribution in [-0.2, 0) is 14.1 Å². The molecule has 2 aliphatic rings. The number of hydrogen-bond acceptors (Lipinski definition) is 0. The molecule has 2 nitrogen and oxygen atoms in total. The zero-order valence-electron chi connectivity index (χ0n) is 31.1. The van der Waals surface area contributed by atoms with E-state index in [2.05, 4.69) is 171 Å². The molecule has 4 aromatic carbocycles. The molecule has 258 valence electrons. The molecule has 0 spiro atoms. The highest BCUT2D eigenvalue weighted by Gasteiger charge is 2.20. The summed E-state index contributed by atoms with van der Waals surface area (Å²) < 4.78 is 4.50. The molecule has 51 heavy (non-hydrogen) atoms. The maximum absolute atomic E-state index is 2.42. The van der Waals surface area contributed by atoms with Gasteiger partial charge in [-0.15, -0.1) is 0 Å². The third-order valence-electron chi connectivity index (χ3n) is 11.5.